The molecule has 3 N–H and O–H groups in total. The molecule has 0 aliphatic carbocycles. The van der Waals surface area contributed by atoms with Gasteiger partial charge in [0.2, 0.25) is 5.91 Å². The van der Waals surface area contributed by atoms with Gasteiger partial charge in [0.15, 0.2) is 0 Å². The zero-order valence-electron chi connectivity index (χ0n) is 39.0. The number of carbonyl (C=O) groups is 2. The number of carbonyl (C=O) groups excluding carboxylic acids is 2. The van der Waals surface area contributed by atoms with Crippen LogP contribution >= 0.6 is 0 Å². The van der Waals surface area contributed by atoms with E-state index in [4.69, 9.17) is 4.74 Å². The normalized spacial score (nSPS) is 12.7. The van der Waals surface area contributed by atoms with Gasteiger partial charge < -0.3 is 20.3 Å². The maximum Gasteiger partial charge on any atom is 0.305 e. The van der Waals surface area contributed by atoms with Crippen molar-refractivity contribution in [3.63, 3.8) is 0 Å². The molecular weight excluding hydrogens is 719 g/mol. The van der Waals surface area contributed by atoms with Crippen LogP contribution in [0.3, 0.4) is 0 Å². The molecule has 0 aliphatic rings. The number of esters is 1. The zero-order chi connectivity index (χ0) is 42.3. The molecule has 344 valence electrons. The zero-order valence-corrected chi connectivity index (χ0v) is 39.0. The molecule has 58 heavy (non-hydrogen) atoms. The Morgan fingerprint density at radius 1 is 0.466 bits per heavy atom. The van der Waals surface area contributed by atoms with E-state index in [2.05, 4.69) is 31.3 Å². The molecule has 2 unspecified atom stereocenters. The van der Waals surface area contributed by atoms with Crippen LogP contribution < -0.4 is 5.32 Å². The molecule has 0 saturated heterocycles. The summed E-state index contributed by atoms with van der Waals surface area (Å²) in [5, 5.41) is 23.1. The minimum Gasteiger partial charge on any atom is -0.466 e. The molecule has 0 saturated carbocycles. The van der Waals surface area contributed by atoms with Gasteiger partial charge >= 0.3 is 5.97 Å². The van der Waals surface area contributed by atoms with Crippen LogP contribution in [0.1, 0.15) is 284 Å². The molecule has 6 heteroatoms. The van der Waals surface area contributed by atoms with Gasteiger partial charge in [0, 0.05) is 12.8 Å². The van der Waals surface area contributed by atoms with Crippen LogP contribution in [0.15, 0.2) is 12.2 Å². The van der Waals surface area contributed by atoms with Gasteiger partial charge in [0.1, 0.15) is 0 Å². The van der Waals surface area contributed by atoms with Gasteiger partial charge in [-0.15, -0.1) is 0 Å². The van der Waals surface area contributed by atoms with Crippen molar-refractivity contribution in [2.24, 2.45) is 0 Å². The highest BCUT2D eigenvalue weighted by Crippen LogP contribution is 2.16. The maximum atomic E-state index is 12.4. The third kappa shape index (κ3) is 44.2. The molecule has 0 aromatic heterocycles. The first kappa shape index (κ1) is 56.6. The molecule has 0 aliphatic heterocycles. The van der Waals surface area contributed by atoms with Gasteiger partial charge in [0.25, 0.3) is 0 Å². The molecule has 0 spiro atoms. The summed E-state index contributed by atoms with van der Waals surface area (Å²) in [6.45, 7) is 4.90. The average Bonchev–Trinajstić information content (AvgIpc) is 3.22. The molecule has 1 amide bonds. The molecule has 0 heterocycles. The van der Waals surface area contributed by atoms with Crippen molar-refractivity contribution >= 4 is 11.9 Å². The summed E-state index contributed by atoms with van der Waals surface area (Å²) >= 11 is 0. The highest BCUT2D eigenvalue weighted by molar-refractivity contribution is 5.76. The predicted octanol–water partition coefficient (Wildman–Crippen LogP) is 15.3. The van der Waals surface area contributed by atoms with E-state index in [1.54, 1.807) is 0 Å². The second-order valence-electron chi connectivity index (χ2n) is 17.9. The Bertz CT molecular complexity index is 863. The number of amides is 1. The minimum absolute atomic E-state index is 0.0191. The lowest BCUT2D eigenvalue weighted by Gasteiger charge is -2.22. The summed E-state index contributed by atoms with van der Waals surface area (Å²) in [7, 11) is 0. The lowest BCUT2D eigenvalue weighted by molar-refractivity contribution is -0.143. The second-order valence-corrected chi connectivity index (χ2v) is 17.9. The molecule has 6 nitrogen and oxygen atoms in total. The number of ether oxygens (including phenoxy) is 1. The van der Waals surface area contributed by atoms with Crippen LogP contribution in [-0.4, -0.2) is 47.4 Å². The average molecular weight is 820 g/mol. The largest absolute Gasteiger partial charge is 0.466 e. The van der Waals surface area contributed by atoms with Crippen molar-refractivity contribution in [2.75, 3.05) is 13.2 Å². The number of rotatable bonds is 48. The van der Waals surface area contributed by atoms with Gasteiger partial charge in [-0.25, -0.2) is 0 Å². The van der Waals surface area contributed by atoms with Crippen LogP contribution in [0.2, 0.25) is 0 Å². The van der Waals surface area contributed by atoms with Crippen LogP contribution in [0.5, 0.6) is 0 Å². The topological polar surface area (TPSA) is 95.9 Å². The Hall–Kier alpha value is -1.40. The number of aliphatic hydroxyl groups is 2. The fourth-order valence-electron chi connectivity index (χ4n) is 8.05. The van der Waals surface area contributed by atoms with Gasteiger partial charge in [-0.05, 0) is 51.4 Å². The first-order chi connectivity index (χ1) is 28.5. The smallest absolute Gasteiger partial charge is 0.305 e. The van der Waals surface area contributed by atoms with E-state index in [0.29, 0.717) is 25.9 Å². The summed E-state index contributed by atoms with van der Waals surface area (Å²) in [5.41, 5.74) is 0. The van der Waals surface area contributed by atoms with Crippen molar-refractivity contribution < 1.29 is 24.5 Å². The van der Waals surface area contributed by atoms with Crippen molar-refractivity contribution in [3.05, 3.63) is 12.2 Å². The van der Waals surface area contributed by atoms with Crippen LogP contribution in [-0.2, 0) is 14.3 Å². The van der Waals surface area contributed by atoms with Crippen molar-refractivity contribution in [3.8, 4) is 0 Å². The van der Waals surface area contributed by atoms with E-state index in [-0.39, 0.29) is 18.5 Å². The van der Waals surface area contributed by atoms with E-state index in [9.17, 15) is 19.8 Å². The van der Waals surface area contributed by atoms with Crippen LogP contribution in [0, 0.1) is 0 Å². The van der Waals surface area contributed by atoms with Gasteiger partial charge in [0.05, 0.1) is 25.4 Å². The lowest BCUT2D eigenvalue weighted by atomic mass is 10.0. The lowest BCUT2D eigenvalue weighted by Crippen LogP contribution is -2.45. The molecule has 0 rings (SSSR count). The van der Waals surface area contributed by atoms with Crippen LogP contribution in [0.25, 0.3) is 0 Å². The Morgan fingerprint density at radius 2 is 0.810 bits per heavy atom. The van der Waals surface area contributed by atoms with Crippen molar-refractivity contribution in [1.82, 2.24) is 5.32 Å². The van der Waals surface area contributed by atoms with Gasteiger partial charge in [-0.2, -0.15) is 0 Å². The van der Waals surface area contributed by atoms with E-state index in [1.807, 2.05) is 0 Å². The molecule has 0 aromatic rings. The van der Waals surface area contributed by atoms with Crippen molar-refractivity contribution in [2.45, 2.75) is 296 Å². The predicted molar refractivity (Wildman–Crippen MR) is 250 cm³/mol. The molecule has 2 atom stereocenters. The Morgan fingerprint density at radius 3 is 1.22 bits per heavy atom. The maximum absolute atomic E-state index is 12.4. The first-order valence-corrected chi connectivity index (χ1v) is 25.9. The van der Waals surface area contributed by atoms with E-state index >= 15 is 0 Å². The third-order valence-corrected chi connectivity index (χ3v) is 12.1. The first-order valence-electron chi connectivity index (χ1n) is 25.9. The number of hydrogen-bond donors (Lipinski definition) is 3. The molecule has 0 radical (unpaired) electrons. The number of aliphatic hydroxyl groups excluding tert-OH is 2. The van der Waals surface area contributed by atoms with Crippen LogP contribution in [0.4, 0.5) is 0 Å². The fourth-order valence-corrected chi connectivity index (χ4v) is 8.05. The standard InChI is InChI=1S/C52H101NO5/c1-3-5-7-9-11-13-15-17-18-19-20-21-22-23-25-30-34-38-42-46-52(57)58-47-43-39-35-31-27-26-29-33-37-41-45-51(56)53-49(48-54)50(55)44-40-36-32-28-24-16-14-12-10-8-6-4-2/h17-18,49-50,54-55H,3-16,19-48H2,1-2H3,(H,53,56)/b18-17-. The third-order valence-electron chi connectivity index (χ3n) is 12.1. The minimum atomic E-state index is -0.677. The Labute approximate surface area is 361 Å². The SMILES string of the molecule is CCCCCCCC/C=C\CCCCCCCCCCCC(=O)OCCCCCCCCCCCCC(=O)NC(CO)C(O)CCCCCCCCCCCCCC. The number of nitrogens with one attached hydrogen (secondary N) is 1. The number of unbranched alkanes of at least 4 members (excludes halogenated alkanes) is 35. The Balaban J connectivity index is 3.44. The summed E-state index contributed by atoms with van der Waals surface area (Å²) in [4.78, 5) is 24.5. The number of hydrogen-bond acceptors (Lipinski definition) is 5. The quantitative estimate of drug-likeness (QED) is 0.0323. The van der Waals surface area contributed by atoms with Gasteiger partial charge in [-0.1, -0.05) is 231 Å². The van der Waals surface area contributed by atoms with Gasteiger partial charge in [-0.3, -0.25) is 9.59 Å². The molecule has 0 aromatic carbocycles. The second kappa shape index (κ2) is 48.3. The summed E-state index contributed by atoms with van der Waals surface area (Å²) in [6, 6.07) is -0.556. The number of allylic oxidation sites excluding steroid dienone is 2. The Kier molecular flexibility index (Phi) is 47.1. The highest BCUT2D eigenvalue weighted by atomic mass is 16.5. The highest BCUT2D eigenvalue weighted by Gasteiger charge is 2.20. The van der Waals surface area contributed by atoms with E-state index in [1.165, 1.54) is 193 Å². The summed E-state index contributed by atoms with van der Waals surface area (Å²) < 4.78 is 5.47. The molecular formula is C52H101NO5. The van der Waals surface area contributed by atoms with E-state index < -0.39 is 12.1 Å². The molecule has 0 bridgehead atoms. The van der Waals surface area contributed by atoms with Crippen molar-refractivity contribution in [1.29, 1.82) is 0 Å². The summed E-state index contributed by atoms with van der Waals surface area (Å²) in [6.07, 6.45) is 54.6. The monoisotopic (exact) mass is 820 g/mol. The molecule has 0 fully saturated rings. The fraction of sp³-hybridized carbons (Fsp3) is 0.923. The summed E-state index contributed by atoms with van der Waals surface area (Å²) in [5.74, 6) is -0.0767. The van der Waals surface area contributed by atoms with E-state index in [0.717, 1.165) is 57.8 Å².